The van der Waals surface area contributed by atoms with E-state index in [2.05, 4.69) is 11.7 Å². The molecule has 2 aromatic carbocycles. The lowest BCUT2D eigenvalue weighted by Crippen LogP contribution is -2.40. The number of benzene rings is 2. The third-order valence-electron chi connectivity index (χ3n) is 8.40. The number of furan rings is 1. The minimum absolute atomic E-state index is 0.00951. The third-order valence-corrected chi connectivity index (χ3v) is 8.40. The van der Waals surface area contributed by atoms with Crippen LogP contribution >= 0.6 is 0 Å². The number of fused-ring (bicyclic) bond motifs is 3. The summed E-state index contributed by atoms with van der Waals surface area (Å²) in [6.07, 6.45) is 4.58. The highest BCUT2D eigenvalue weighted by molar-refractivity contribution is 6.07. The zero-order valence-corrected chi connectivity index (χ0v) is 25.5. The molecule has 12 heteroatoms. The maximum Gasteiger partial charge on any atom is 0.246 e. The van der Waals surface area contributed by atoms with Crippen LogP contribution in [0.3, 0.4) is 0 Å². The van der Waals surface area contributed by atoms with Crippen molar-refractivity contribution in [3.8, 4) is 39.5 Å². The Hall–Kier alpha value is -5.36. The largest absolute Gasteiger partial charge is 0.490 e. The van der Waals surface area contributed by atoms with E-state index in [9.17, 15) is 9.18 Å². The summed E-state index contributed by atoms with van der Waals surface area (Å²) < 4.78 is 51.2. The summed E-state index contributed by atoms with van der Waals surface area (Å²) in [6, 6.07) is 11.1. The highest BCUT2D eigenvalue weighted by Crippen LogP contribution is 2.46. The topological polar surface area (TPSA) is 100 Å². The van der Waals surface area contributed by atoms with Crippen LogP contribution in [0.5, 0.6) is 5.75 Å². The lowest BCUT2D eigenvalue weighted by molar-refractivity contribution is -0.129. The fourth-order valence-electron chi connectivity index (χ4n) is 6.16. The van der Waals surface area contributed by atoms with Crippen LogP contribution in [0.1, 0.15) is 18.7 Å². The van der Waals surface area contributed by atoms with Gasteiger partial charge in [-0.2, -0.15) is 10.2 Å². The maximum atomic E-state index is 16.0. The fourth-order valence-corrected chi connectivity index (χ4v) is 6.16. The van der Waals surface area contributed by atoms with Gasteiger partial charge in [-0.05, 0) is 37.3 Å². The van der Waals surface area contributed by atoms with Crippen molar-refractivity contribution in [3.63, 3.8) is 0 Å². The van der Waals surface area contributed by atoms with E-state index in [0.29, 0.717) is 46.7 Å². The zero-order chi connectivity index (χ0) is 32.1. The molecule has 46 heavy (non-hydrogen) atoms. The van der Waals surface area contributed by atoms with Gasteiger partial charge in [0.25, 0.3) is 0 Å². The Kier molecular flexibility index (Phi) is 7.36. The molecule has 0 saturated heterocycles. The van der Waals surface area contributed by atoms with Gasteiger partial charge in [0.15, 0.2) is 5.58 Å². The van der Waals surface area contributed by atoms with Gasteiger partial charge in [0, 0.05) is 54.7 Å². The van der Waals surface area contributed by atoms with Crippen molar-refractivity contribution in [3.05, 3.63) is 84.9 Å². The average molecular weight is 625 g/mol. The Morgan fingerprint density at radius 2 is 1.96 bits per heavy atom. The molecule has 0 bridgehead atoms. The van der Waals surface area contributed by atoms with Crippen LogP contribution < -0.4 is 4.74 Å². The van der Waals surface area contributed by atoms with Gasteiger partial charge < -0.3 is 18.8 Å². The number of carbonyl (C=O) groups is 1. The Balaban J connectivity index is 1.50. The van der Waals surface area contributed by atoms with Crippen molar-refractivity contribution >= 4 is 27.8 Å². The molecule has 0 aliphatic carbocycles. The number of aryl methyl sites for hydroxylation is 1. The molecule has 5 heterocycles. The number of carbonyl (C=O) groups excluding carboxylic acids is 1. The molecule has 1 aliphatic rings. The number of hydrogen-bond acceptors (Lipinski definition) is 7. The summed E-state index contributed by atoms with van der Waals surface area (Å²) >= 11 is 0. The molecule has 1 aliphatic heterocycles. The predicted molar refractivity (Wildman–Crippen MR) is 168 cm³/mol. The van der Waals surface area contributed by atoms with Crippen molar-refractivity contribution in [2.45, 2.75) is 19.5 Å². The smallest absolute Gasteiger partial charge is 0.246 e. The van der Waals surface area contributed by atoms with Gasteiger partial charge in [-0.3, -0.25) is 14.2 Å². The van der Waals surface area contributed by atoms with Crippen LogP contribution in [0, 0.1) is 11.6 Å². The van der Waals surface area contributed by atoms with Crippen molar-refractivity contribution < 1.29 is 27.5 Å². The van der Waals surface area contributed by atoms with Crippen LogP contribution in [0.2, 0.25) is 0 Å². The highest BCUT2D eigenvalue weighted by Gasteiger charge is 2.31. The number of rotatable bonds is 8. The summed E-state index contributed by atoms with van der Waals surface area (Å²) in [5, 5.41) is 10.7. The summed E-state index contributed by atoms with van der Waals surface area (Å²) in [6.45, 7) is 6.73. The van der Waals surface area contributed by atoms with E-state index in [0.717, 1.165) is 34.3 Å². The molecule has 0 unspecified atom stereocenters. The molecule has 234 valence electrons. The van der Waals surface area contributed by atoms with E-state index in [-0.39, 0.29) is 36.5 Å². The van der Waals surface area contributed by atoms with Gasteiger partial charge in [-0.1, -0.05) is 12.6 Å². The van der Waals surface area contributed by atoms with Crippen LogP contribution in [0.15, 0.2) is 72.0 Å². The zero-order valence-electron chi connectivity index (χ0n) is 25.5. The molecule has 4 aromatic heterocycles. The van der Waals surface area contributed by atoms with E-state index in [4.69, 9.17) is 24.0 Å². The summed E-state index contributed by atoms with van der Waals surface area (Å²) in [5.74, 6) is -1.81. The number of pyridine rings is 1. The monoisotopic (exact) mass is 624 g/mol. The minimum atomic E-state index is -0.831. The first-order valence-electron chi connectivity index (χ1n) is 14.7. The van der Waals surface area contributed by atoms with E-state index in [1.165, 1.54) is 19.4 Å². The number of hydrogen-bond donors (Lipinski definition) is 0. The van der Waals surface area contributed by atoms with E-state index in [1.54, 1.807) is 21.8 Å². The van der Waals surface area contributed by atoms with Gasteiger partial charge in [0.05, 0.1) is 48.4 Å². The number of aromatic nitrogens is 5. The van der Waals surface area contributed by atoms with Crippen molar-refractivity contribution in [1.82, 2.24) is 29.4 Å². The maximum absolute atomic E-state index is 16.0. The van der Waals surface area contributed by atoms with Crippen LogP contribution in [0.4, 0.5) is 8.78 Å². The second-order valence-electron chi connectivity index (χ2n) is 11.1. The Bertz CT molecular complexity index is 2150. The summed E-state index contributed by atoms with van der Waals surface area (Å²) in [7, 11) is 3.38. The molecule has 10 nitrogen and oxygen atoms in total. The second-order valence-corrected chi connectivity index (χ2v) is 11.1. The van der Waals surface area contributed by atoms with Gasteiger partial charge in [0.1, 0.15) is 41.1 Å². The quantitative estimate of drug-likeness (QED) is 0.145. The number of halogens is 2. The second kappa shape index (κ2) is 11.5. The first kappa shape index (κ1) is 29.4. The summed E-state index contributed by atoms with van der Waals surface area (Å²) in [4.78, 5) is 19.4. The lowest BCUT2D eigenvalue weighted by Gasteiger charge is -2.33. The highest BCUT2D eigenvalue weighted by atomic mass is 19.1. The van der Waals surface area contributed by atoms with E-state index in [1.807, 2.05) is 42.9 Å². The molecule has 0 radical (unpaired) electrons. The number of methoxy groups -OCH3 is 1. The molecule has 0 saturated carbocycles. The predicted octanol–water partition coefficient (Wildman–Crippen LogP) is 6.30. The molecular weight excluding hydrogens is 594 g/mol. The van der Waals surface area contributed by atoms with Gasteiger partial charge in [-0.25, -0.2) is 13.8 Å². The number of nitrogens with zero attached hydrogens (tertiary/aromatic N) is 6. The SMILES string of the molecule is C=CC(=O)N1CCn2nc(-c3nc(-c4ccc5c(cnn5C)c4)c4occc4c3-c3c(F)cc(F)cc3OCCOC)cc2[C@H]1C. The molecule has 6 aromatic rings. The van der Waals surface area contributed by atoms with Gasteiger partial charge >= 0.3 is 0 Å². The Morgan fingerprint density at radius 3 is 2.76 bits per heavy atom. The average Bonchev–Trinajstić information content (AvgIpc) is 3.79. The first-order chi connectivity index (χ1) is 22.3. The minimum Gasteiger partial charge on any atom is -0.490 e. The fraction of sp³-hybridized carbons (Fsp3) is 0.235. The first-order valence-corrected chi connectivity index (χ1v) is 14.7. The molecule has 0 spiro atoms. The number of amides is 1. The standard InChI is InChI=1S/C34H30F2N6O4/c1-5-29(43)41-9-10-42-27(19(41)2)17-25(39-42)33-30(31-24(36)15-22(35)16-28(31)45-13-12-44-4)23-8-11-46-34(23)32(38-33)20-6-7-26-21(14-20)18-37-40(26)3/h5-8,11,14-19H,1,9-10,12-13H2,2-4H3/t19-/m1/s1. The van der Waals surface area contributed by atoms with Gasteiger partial charge in [0.2, 0.25) is 5.91 Å². The Morgan fingerprint density at radius 1 is 1.11 bits per heavy atom. The molecule has 1 amide bonds. The van der Waals surface area contributed by atoms with Crippen LogP contribution in [-0.2, 0) is 23.1 Å². The van der Waals surface area contributed by atoms with E-state index >= 15 is 4.39 Å². The molecule has 0 fully saturated rings. The van der Waals surface area contributed by atoms with Crippen molar-refractivity contribution in [1.29, 1.82) is 0 Å². The normalized spacial score (nSPS) is 14.6. The van der Waals surface area contributed by atoms with Crippen LogP contribution in [0.25, 0.3) is 55.6 Å². The van der Waals surface area contributed by atoms with E-state index < -0.39 is 11.6 Å². The molecule has 7 rings (SSSR count). The molecular formula is C34H30F2N6O4. The summed E-state index contributed by atoms with van der Waals surface area (Å²) in [5.41, 5.74) is 4.54. The Labute approximate surface area is 262 Å². The third kappa shape index (κ3) is 4.81. The molecule has 1 atom stereocenters. The number of ether oxygens (including phenoxy) is 2. The van der Waals surface area contributed by atoms with Crippen molar-refractivity contribution in [2.75, 3.05) is 26.9 Å². The van der Waals surface area contributed by atoms with Gasteiger partial charge in [-0.15, -0.1) is 0 Å². The van der Waals surface area contributed by atoms with Crippen LogP contribution in [-0.4, -0.2) is 62.2 Å². The van der Waals surface area contributed by atoms with Crippen molar-refractivity contribution in [2.24, 2.45) is 7.05 Å². The molecule has 0 N–H and O–H groups in total. The lowest BCUT2D eigenvalue weighted by atomic mass is 9.94.